The normalized spacial score (nSPS) is 20.0. The van der Waals surface area contributed by atoms with E-state index in [4.69, 9.17) is 9.47 Å². The summed E-state index contributed by atoms with van der Waals surface area (Å²) in [4.78, 5) is 14.4. The van der Waals surface area contributed by atoms with Crippen LogP contribution < -0.4 is 10.1 Å². The third kappa shape index (κ3) is 4.35. The van der Waals surface area contributed by atoms with Crippen LogP contribution >= 0.6 is 0 Å². The van der Waals surface area contributed by atoms with Gasteiger partial charge in [0.1, 0.15) is 17.2 Å². The number of carbonyl (C=O) groups excluding carboxylic acids is 1. The fourth-order valence-electron chi connectivity index (χ4n) is 4.40. The summed E-state index contributed by atoms with van der Waals surface area (Å²) < 4.78 is 26.5. The quantitative estimate of drug-likeness (QED) is 0.829. The molecule has 2 aliphatic heterocycles. The van der Waals surface area contributed by atoms with Crippen molar-refractivity contribution in [3.63, 3.8) is 0 Å². The number of benzene rings is 2. The van der Waals surface area contributed by atoms with Gasteiger partial charge in [0.15, 0.2) is 0 Å². The van der Waals surface area contributed by atoms with Crippen LogP contribution in [0.15, 0.2) is 36.4 Å². The van der Waals surface area contributed by atoms with Crippen molar-refractivity contribution in [3.05, 3.63) is 53.3 Å². The van der Waals surface area contributed by atoms with E-state index in [9.17, 15) is 9.18 Å². The summed E-state index contributed by atoms with van der Waals surface area (Å²) in [6.45, 7) is 3.57. The van der Waals surface area contributed by atoms with Gasteiger partial charge in [-0.15, -0.1) is 0 Å². The Morgan fingerprint density at radius 2 is 1.97 bits per heavy atom. The number of halogens is 1. The summed E-state index contributed by atoms with van der Waals surface area (Å²) in [5.74, 6) is 0.466. The number of rotatable bonds is 4. The first kappa shape index (κ1) is 20.8. The van der Waals surface area contributed by atoms with Gasteiger partial charge in [0.05, 0.1) is 25.8 Å². The Kier molecular flexibility index (Phi) is 5.80. The van der Waals surface area contributed by atoms with E-state index >= 15 is 0 Å². The molecule has 1 amide bonds. The molecule has 1 saturated heterocycles. The summed E-state index contributed by atoms with van der Waals surface area (Å²) in [7, 11) is 3.74. The molecule has 1 spiro atoms. The Balaban J connectivity index is 1.71. The molecule has 1 fully saturated rings. The van der Waals surface area contributed by atoms with Gasteiger partial charge in [-0.05, 0) is 50.8 Å². The molecule has 0 radical (unpaired) electrons. The third-order valence-electron chi connectivity index (χ3n) is 5.92. The molecule has 2 aliphatic rings. The Labute approximate surface area is 177 Å². The van der Waals surface area contributed by atoms with Crippen LogP contribution in [0.1, 0.15) is 36.4 Å². The lowest BCUT2D eigenvalue weighted by Crippen LogP contribution is -2.49. The molecule has 5 nitrogen and oxygen atoms in total. The van der Waals surface area contributed by atoms with E-state index in [1.54, 1.807) is 6.07 Å². The minimum absolute atomic E-state index is 0.0350. The maximum atomic E-state index is 14.5. The average Bonchev–Trinajstić information content (AvgIpc) is 2.69. The topological polar surface area (TPSA) is 50.8 Å². The standard InChI is InChI=1S/C24H29FN2O3/c1-16-4-6-20(25)18(12-16)17-5-7-22-19(13-17)21(26-23(28)15-27(2)3)14-24(30-22)8-10-29-11-9-24/h4-7,12-13,21H,8-11,14-15H2,1-3H3,(H,26,28). The second kappa shape index (κ2) is 8.36. The number of hydrogen-bond donors (Lipinski definition) is 1. The second-order valence-electron chi connectivity index (χ2n) is 8.70. The van der Waals surface area contributed by atoms with Crippen LogP contribution in [0.25, 0.3) is 11.1 Å². The zero-order chi connectivity index (χ0) is 21.3. The van der Waals surface area contributed by atoms with Gasteiger partial charge in [0.2, 0.25) is 5.91 Å². The van der Waals surface area contributed by atoms with Crippen molar-refractivity contribution in [2.24, 2.45) is 0 Å². The maximum Gasteiger partial charge on any atom is 0.234 e. The SMILES string of the molecule is Cc1ccc(F)c(-c2ccc3c(c2)C(NC(=O)CN(C)C)CC2(CCOCC2)O3)c1. The summed E-state index contributed by atoms with van der Waals surface area (Å²) >= 11 is 0. The van der Waals surface area contributed by atoms with E-state index in [0.29, 0.717) is 31.7 Å². The van der Waals surface area contributed by atoms with Crippen LogP contribution in [0.4, 0.5) is 4.39 Å². The van der Waals surface area contributed by atoms with Crippen LogP contribution in [0, 0.1) is 12.7 Å². The molecule has 0 saturated carbocycles. The molecule has 2 aromatic carbocycles. The molecule has 0 bridgehead atoms. The number of carbonyl (C=O) groups is 1. The van der Waals surface area contributed by atoms with Crippen molar-refractivity contribution in [2.45, 2.75) is 37.8 Å². The van der Waals surface area contributed by atoms with Gasteiger partial charge in [0, 0.05) is 30.4 Å². The summed E-state index contributed by atoms with van der Waals surface area (Å²) in [6.07, 6.45) is 2.27. The van der Waals surface area contributed by atoms with Crippen molar-refractivity contribution in [3.8, 4) is 16.9 Å². The maximum absolute atomic E-state index is 14.5. The molecule has 160 valence electrons. The highest BCUT2D eigenvalue weighted by atomic mass is 19.1. The number of nitrogens with zero attached hydrogens (tertiary/aromatic N) is 1. The zero-order valence-corrected chi connectivity index (χ0v) is 17.8. The van der Waals surface area contributed by atoms with Crippen molar-refractivity contribution < 1.29 is 18.7 Å². The molecule has 6 heteroatoms. The Bertz CT molecular complexity index is 938. The van der Waals surface area contributed by atoms with Crippen molar-refractivity contribution >= 4 is 5.91 Å². The number of amides is 1. The lowest BCUT2D eigenvalue weighted by molar-refractivity contribution is -0.123. The van der Waals surface area contributed by atoms with Crippen LogP contribution in [0.2, 0.25) is 0 Å². The summed E-state index contributed by atoms with van der Waals surface area (Å²) in [5, 5.41) is 3.19. The first-order valence-electron chi connectivity index (χ1n) is 10.5. The van der Waals surface area contributed by atoms with E-state index < -0.39 is 0 Å². The minimum Gasteiger partial charge on any atom is -0.487 e. The zero-order valence-electron chi connectivity index (χ0n) is 17.8. The van der Waals surface area contributed by atoms with Crippen LogP contribution in [0.5, 0.6) is 5.75 Å². The molecular formula is C24H29FN2O3. The largest absolute Gasteiger partial charge is 0.487 e. The molecule has 30 heavy (non-hydrogen) atoms. The van der Waals surface area contributed by atoms with Gasteiger partial charge in [-0.25, -0.2) is 4.39 Å². The monoisotopic (exact) mass is 412 g/mol. The van der Waals surface area contributed by atoms with Crippen LogP contribution in [-0.2, 0) is 9.53 Å². The van der Waals surface area contributed by atoms with Gasteiger partial charge in [-0.2, -0.15) is 0 Å². The number of hydrogen-bond acceptors (Lipinski definition) is 4. The highest BCUT2D eigenvalue weighted by Gasteiger charge is 2.43. The second-order valence-corrected chi connectivity index (χ2v) is 8.70. The smallest absolute Gasteiger partial charge is 0.234 e. The summed E-state index contributed by atoms with van der Waals surface area (Å²) in [6, 6.07) is 10.7. The van der Waals surface area contributed by atoms with E-state index in [2.05, 4.69) is 5.32 Å². The minimum atomic E-state index is -0.336. The molecule has 1 atom stereocenters. The molecule has 0 aromatic heterocycles. The Hall–Kier alpha value is -2.44. The fraction of sp³-hybridized carbons (Fsp3) is 0.458. The predicted octanol–water partition coefficient (Wildman–Crippen LogP) is 3.85. The number of likely N-dealkylation sites (N-methyl/N-ethyl adjacent to an activating group) is 1. The third-order valence-corrected chi connectivity index (χ3v) is 5.92. The van der Waals surface area contributed by atoms with Gasteiger partial charge >= 0.3 is 0 Å². The number of aryl methyl sites for hydroxylation is 1. The van der Waals surface area contributed by atoms with Gasteiger partial charge in [-0.3, -0.25) is 4.79 Å². The first-order chi connectivity index (χ1) is 14.3. The van der Waals surface area contributed by atoms with E-state index in [-0.39, 0.29) is 23.4 Å². The first-order valence-corrected chi connectivity index (χ1v) is 10.5. The lowest BCUT2D eigenvalue weighted by Gasteiger charge is -2.44. The highest BCUT2D eigenvalue weighted by Crippen LogP contribution is 2.45. The molecule has 2 aromatic rings. The highest BCUT2D eigenvalue weighted by molar-refractivity contribution is 5.79. The van der Waals surface area contributed by atoms with Crippen molar-refractivity contribution in [1.82, 2.24) is 10.2 Å². The molecule has 1 N–H and O–H groups in total. The Morgan fingerprint density at radius 3 is 2.70 bits per heavy atom. The van der Waals surface area contributed by atoms with Crippen LogP contribution in [0.3, 0.4) is 0 Å². The lowest BCUT2D eigenvalue weighted by atomic mass is 9.81. The van der Waals surface area contributed by atoms with E-state index in [0.717, 1.165) is 35.3 Å². The number of nitrogens with one attached hydrogen (secondary N) is 1. The number of fused-ring (bicyclic) bond motifs is 1. The molecule has 0 aliphatic carbocycles. The van der Waals surface area contributed by atoms with E-state index in [1.165, 1.54) is 6.07 Å². The van der Waals surface area contributed by atoms with Crippen LogP contribution in [-0.4, -0.2) is 50.3 Å². The predicted molar refractivity (Wildman–Crippen MR) is 114 cm³/mol. The van der Waals surface area contributed by atoms with Gasteiger partial charge < -0.3 is 19.7 Å². The molecule has 1 unspecified atom stereocenters. The van der Waals surface area contributed by atoms with Gasteiger partial charge in [0.25, 0.3) is 0 Å². The fourth-order valence-corrected chi connectivity index (χ4v) is 4.40. The van der Waals surface area contributed by atoms with Gasteiger partial charge in [-0.1, -0.05) is 17.7 Å². The van der Waals surface area contributed by atoms with Crippen molar-refractivity contribution in [2.75, 3.05) is 33.9 Å². The summed E-state index contributed by atoms with van der Waals surface area (Å²) in [5.41, 5.74) is 2.91. The average molecular weight is 413 g/mol. The Morgan fingerprint density at radius 1 is 1.20 bits per heavy atom. The molecule has 4 rings (SSSR count). The molecule has 2 heterocycles. The van der Waals surface area contributed by atoms with Crippen molar-refractivity contribution in [1.29, 1.82) is 0 Å². The number of ether oxygens (including phenoxy) is 2. The molecular weight excluding hydrogens is 383 g/mol. The van der Waals surface area contributed by atoms with E-state index in [1.807, 2.05) is 50.2 Å².